The van der Waals surface area contributed by atoms with Crippen molar-refractivity contribution in [1.82, 2.24) is 20.2 Å². The first kappa shape index (κ1) is 12.4. The van der Waals surface area contributed by atoms with Gasteiger partial charge in [0.25, 0.3) is 0 Å². The Morgan fingerprint density at radius 3 is 3.00 bits per heavy atom. The molecule has 0 bridgehead atoms. The molecule has 1 rings (SSSR count). The zero-order chi connectivity index (χ0) is 10.9. The molecule has 0 aliphatic heterocycles. The van der Waals surface area contributed by atoms with Crippen LogP contribution in [0.4, 0.5) is 0 Å². The van der Waals surface area contributed by atoms with E-state index in [-0.39, 0.29) is 6.61 Å². The van der Waals surface area contributed by atoms with Crippen LogP contribution < -0.4 is 0 Å². The van der Waals surface area contributed by atoms with Crippen LogP contribution in [0, 0.1) is 0 Å². The maximum absolute atomic E-state index is 8.64. The van der Waals surface area contributed by atoms with Gasteiger partial charge < -0.3 is 5.11 Å². The highest BCUT2D eigenvalue weighted by molar-refractivity contribution is 7.98. The second-order valence-corrected chi connectivity index (χ2v) is 4.41. The number of aromatic nitrogens is 4. The van der Waals surface area contributed by atoms with Crippen molar-refractivity contribution in [3.05, 3.63) is 5.82 Å². The normalized spacial score (nSPS) is 10.8. The number of aliphatic hydroxyl groups is 1. The summed E-state index contributed by atoms with van der Waals surface area (Å²) >= 11 is 1.76. The van der Waals surface area contributed by atoms with Crippen molar-refractivity contribution < 1.29 is 5.11 Å². The van der Waals surface area contributed by atoms with E-state index >= 15 is 0 Å². The summed E-state index contributed by atoms with van der Waals surface area (Å²) in [6.45, 7) is 3.31. The molecule has 0 saturated carbocycles. The number of nitrogens with zero attached hydrogens (tertiary/aromatic N) is 4. The number of unbranched alkanes of at least 4 members (excludes halogenated alkanes) is 1. The van der Waals surface area contributed by atoms with Gasteiger partial charge in [0.05, 0.1) is 5.75 Å². The van der Waals surface area contributed by atoms with E-state index in [1.54, 1.807) is 11.8 Å². The molecule has 0 radical (unpaired) electrons. The van der Waals surface area contributed by atoms with Gasteiger partial charge in [0.1, 0.15) is 0 Å². The SMILES string of the molecule is CCCCn1nnnc1CSCCCO. The van der Waals surface area contributed by atoms with E-state index in [0.717, 1.165) is 43.1 Å². The van der Waals surface area contributed by atoms with Gasteiger partial charge in [0.2, 0.25) is 0 Å². The van der Waals surface area contributed by atoms with Gasteiger partial charge >= 0.3 is 0 Å². The van der Waals surface area contributed by atoms with E-state index < -0.39 is 0 Å². The minimum absolute atomic E-state index is 0.258. The summed E-state index contributed by atoms with van der Waals surface area (Å²) in [6, 6.07) is 0. The van der Waals surface area contributed by atoms with Crippen molar-refractivity contribution >= 4 is 11.8 Å². The van der Waals surface area contributed by atoms with Crippen LogP contribution in [0.5, 0.6) is 0 Å². The molecule has 0 saturated heterocycles. The Morgan fingerprint density at radius 2 is 2.27 bits per heavy atom. The molecule has 6 heteroatoms. The second-order valence-electron chi connectivity index (χ2n) is 3.30. The molecule has 0 atom stereocenters. The third-order valence-electron chi connectivity index (χ3n) is 2.01. The Bertz CT molecular complexity index is 266. The molecule has 0 aromatic carbocycles. The zero-order valence-electron chi connectivity index (χ0n) is 9.09. The lowest BCUT2D eigenvalue weighted by Crippen LogP contribution is -2.05. The molecule has 0 spiro atoms. The molecule has 86 valence electrons. The smallest absolute Gasteiger partial charge is 0.161 e. The lowest BCUT2D eigenvalue weighted by Gasteiger charge is -2.02. The topological polar surface area (TPSA) is 63.8 Å². The molecule has 0 unspecified atom stereocenters. The van der Waals surface area contributed by atoms with Gasteiger partial charge in [-0.15, -0.1) is 5.10 Å². The summed E-state index contributed by atoms with van der Waals surface area (Å²) in [6.07, 6.45) is 3.09. The van der Waals surface area contributed by atoms with Crippen molar-refractivity contribution in [3.8, 4) is 0 Å². The van der Waals surface area contributed by atoms with Crippen LogP contribution in [0.3, 0.4) is 0 Å². The molecule has 1 N–H and O–H groups in total. The predicted octanol–water partition coefficient (Wildman–Crippen LogP) is 1.09. The number of hydrogen-bond acceptors (Lipinski definition) is 5. The van der Waals surface area contributed by atoms with Gasteiger partial charge in [-0.1, -0.05) is 13.3 Å². The molecule has 0 aliphatic rings. The number of rotatable bonds is 8. The van der Waals surface area contributed by atoms with Crippen molar-refractivity contribution in [2.45, 2.75) is 38.5 Å². The molecule has 1 aromatic rings. The van der Waals surface area contributed by atoms with Gasteiger partial charge in [-0.25, -0.2) is 4.68 Å². The molecular formula is C9H18N4OS. The minimum atomic E-state index is 0.258. The van der Waals surface area contributed by atoms with Gasteiger partial charge in [-0.2, -0.15) is 11.8 Å². The van der Waals surface area contributed by atoms with Crippen LogP contribution in [0.2, 0.25) is 0 Å². The summed E-state index contributed by atoms with van der Waals surface area (Å²) in [5.41, 5.74) is 0. The van der Waals surface area contributed by atoms with Crippen LogP contribution in [0.15, 0.2) is 0 Å². The Labute approximate surface area is 94.3 Å². The van der Waals surface area contributed by atoms with Crippen molar-refractivity contribution in [2.75, 3.05) is 12.4 Å². The number of aryl methyl sites for hydroxylation is 1. The summed E-state index contributed by atoms with van der Waals surface area (Å²) < 4.78 is 1.87. The fourth-order valence-electron chi connectivity index (χ4n) is 1.14. The average molecular weight is 230 g/mol. The zero-order valence-corrected chi connectivity index (χ0v) is 9.91. The minimum Gasteiger partial charge on any atom is -0.396 e. The Morgan fingerprint density at radius 1 is 1.40 bits per heavy atom. The number of hydrogen-bond donors (Lipinski definition) is 1. The quantitative estimate of drug-likeness (QED) is 0.677. The second kappa shape index (κ2) is 7.64. The number of aliphatic hydroxyl groups excluding tert-OH is 1. The highest BCUT2D eigenvalue weighted by Crippen LogP contribution is 2.10. The van der Waals surface area contributed by atoms with Crippen LogP contribution in [-0.4, -0.2) is 37.7 Å². The van der Waals surface area contributed by atoms with Crippen LogP contribution in [0.25, 0.3) is 0 Å². The van der Waals surface area contributed by atoms with E-state index in [2.05, 4.69) is 22.4 Å². The Kier molecular flexibility index (Phi) is 6.34. The van der Waals surface area contributed by atoms with Gasteiger partial charge in [-0.05, 0) is 29.0 Å². The van der Waals surface area contributed by atoms with Crippen LogP contribution in [-0.2, 0) is 12.3 Å². The first-order valence-corrected chi connectivity index (χ1v) is 6.47. The van der Waals surface area contributed by atoms with E-state index in [1.165, 1.54) is 0 Å². The standard InChI is InChI=1S/C9H18N4OS/c1-2-3-5-13-9(10-11-12-13)8-15-7-4-6-14/h14H,2-8H2,1H3. The lowest BCUT2D eigenvalue weighted by molar-refractivity contribution is 0.296. The molecule has 0 fully saturated rings. The largest absolute Gasteiger partial charge is 0.396 e. The molecule has 1 heterocycles. The predicted molar refractivity (Wildman–Crippen MR) is 60.6 cm³/mol. The third-order valence-corrected chi connectivity index (χ3v) is 3.05. The van der Waals surface area contributed by atoms with Gasteiger partial charge in [0.15, 0.2) is 5.82 Å². The number of thioether (sulfide) groups is 1. The van der Waals surface area contributed by atoms with Crippen molar-refractivity contribution in [3.63, 3.8) is 0 Å². The number of tetrazole rings is 1. The highest BCUT2D eigenvalue weighted by Gasteiger charge is 2.04. The molecule has 1 aromatic heterocycles. The van der Waals surface area contributed by atoms with Crippen molar-refractivity contribution in [2.24, 2.45) is 0 Å². The average Bonchev–Trinajstić information content (AvgIpc) is 2.69. The Hall–Kier alpha value is -0.620. The molecule has 5 nitrogen and oxygen atoms in total. The fourth-order valence-corrected chi connectivity index (χ4v) is 2.01. The first-order chi connectivity index (χ1) is 7.38. The van der Waals surface area contributed by atoms with Crippen LogP contribution in [0.1, 0.15) is 32.0 Å². The van der Waals surface area contributed by atoms with Gasteiger partial charge in [0, 0.05) is 13.2 Å². The van der Waals surface area contributed by atoms with E-state index in [9.17, 15) is 0 Å². The third kappa shape index (κ3) is 4.61. The lowest BCUT2D eigenvalue weighted by atomic mass is 10.3. The first-order valence-electron chi connectivity index (χ1n) is 5.32. The Balaban J connectivity index is 2.29. The van der Waals surface area contributed by atoms with Crippen molar-refractivity contribution in [1.29, 1.82) is 0 Å². The summed E-state index contributed by atoms with van der Waals surface area (Å²) in [5, 5.41) is 20.2. The monoisotopic (exact) mass is 230 g/mol. The highest BCUT2D eigenvalue weighted by atomic mass is 32.2. The van der Waals surface area contributed by atoms with E-state index in [0.29, 0.717) is 0 Å². The maximum atomic E-state index is 8.64. The maximum Gasteiger partial charge on any atom is 0.161 e. The molecule has 0 aliphatic carbocycles. The fraction of sp³-hybridized carbons (Fsp3) is 0.889. The molecule has 0 amide bonds. The van der Waals surface area contributed by atoms with E-state index in [4.69, 9.17) is 5.11 Å². The van der Waals surface area contributed by atoms with Crippen LogP contribution >= 0.6 is 11.8 Å². The van der Waals surface area contributed by atoms with E-state index in [1.807, 2.05) is 4.68 Å². The van der Waals surface area contributed by atoms with Gasteiger partial charge in [-0.3, -0.25) is 0 Å². The molecule has 15 heavy (non-hydrogen) atoms. The summed E-state index contributed by atoms with van der Waals surface area (Å²) in [7, 11) is 0. The summed E-state index contributed by atoms with van der Waals surface area (Å²) in [5.74, 6) is 2.72. The summed E-state index contributed by atoms with van der Waals surface area (Å²) in [4.78, 5) is 0. The molecular weight excluding hydrogens is 212 g/mol.